The maximum absolute atomic E-state index is 13.2. The van der Waals surface area contributed by atoms with Crippen LogP contribution in [-0.4, -0.2) is 55.4 Å². The molecule has 4 rings (SSSR count). The highest BCUT2D eigenvalue weighted by Gasteiger charge is 2.35. The molecule has 13 heteroatoms. The van der Waals surface area contributed by atoms with Crippen molar-refractivity contribution in [1.29, 1.82) is 0 Å². The molecule has 0 radical (unpaired) electrons. The van der Waals surface area contributed by atoms with Crippen LogP contribution in [-0.2, 0) is 14.8 Å². The fourth-order valence-corrected chi connectivity index (χ4v) is 4.95. The number of aliphatic hydroxyl groups is 1. The first-order chi connectivity index (χ1) is 17.5. The molecule has 2 heterocycles. The van der Waals surface area contributed by atoms with Gasteiger partial charge in [-0.2, -0.15) is 0 Å². The lowest BCUT2D eigenvalue weighted by Gasteiger charge is -2.35. The summed E-state index contributed by atoms with van der Waals surface area (Å²) in [5.41, 5.74) is 2.32. The molecule has 0 unspecified atom stereocenters. The van der Waals surface area contributed by atoms with E-state index in [4.69, 9.17) is 23.2 Å². The average molecular weight is 564 g/mol. The number of para-hydroxylation sites is 1. The number of hydrogen-bond acceptors (Lipinski definition) is 6. The van der Waals surface area contributed by atoms with Crippen molar-refractivity contribution in [1.82, 2.24) is 10.3 Å². The van der Waals surface area contributed by atoms with E-state index in [9.17, 15) is 23.1 Å². The van der Waals surface area contributed by atoms with Crippen LogP contribution in [0.25, 0.3) is 11.1 Å². The number of sulfonamides is 1. The molecule has 10 nitrogen and oxygen atoms in total. The monoisotopic (exact) mass is 563 g/mol. The number of aromatic nitrogens is 1. The first-order valence-corrected chi connectivity index (χ1v) is 13.7. The van der Waals surface area contributed by atoms with Gasteiger partial charge in [0.1, 0.15) is 6.04 Å². The largest absolute Gasteiger partial charge is 0.391 e. The predicted molar refractivity (Wildman–Crippen MR) is 144 cm³/mol. The normalized spacial score (nSPS) is 17.8. The van der Waals surface area contributed by atoms with Crippen molar-refractivity contribution in [3.8, 4) is 11.1 Å². The molecule has 3 amide bonds. The summed E-state index contributed by atoms with van der Waals surface area (Å²) in [4.78, 5) is 31.0. The summed E-state index contributed by atoms with van der Waals surface area (Å²) in [6, 6.07) is 13.5. The third kappa shape index (κ3) is 6.69. The summed E-state index contributed by atoms with van der Waals surface area (Å²) in [7, 11) is -3.47. The van der Waals surface area contributed by atoms with Gasteiger partial charge in [-0.15, -0.1) is 0 Å². The van der Waals surface area contributed by atoms with E-state index in [0.717, 1.165) is 11.8 Å². The second kappa shape index (κ2) is 10.9. The van der Waals surface area contributed by atoms with E-state index in [-0.39, 0.29) is 23.8 Å². The molecule has 2 aromatic carbocycles. The summed E-state index contributed by atoms with van der Waals surface area (Å²) in [6.45, 7) is 0.0504. The third-order valence-electron chi connectivity index (χ3n) is 5.52. The molecule has 1 aliphatic heterocycles. The van der Waals surface area contributed by atoms with Crippen molar-refractivity contribution in [2.75, 3.05) is 27.7 Å². The van der Waals surface area contributed by atoms with Crippen LogP contribution in [0.2, 0.25) is 10.0 Å². The van der Waals surface area contributed by atoms with Crippen LogP contribution in [0.3, 0.4) is 0 Å². The van der Waals surface area contributed by atoms with Crippen LogP contribution < -0.4 is 20.3 Å². The van der Waals surface area contributed by atoms with Gasteiger partial charge in [-0.25, -0.2) is 18.2 Å². The van der Waals surface area contributed by atoms with E-state index in [0.29, 0.717) is 22.0 Å². The highest BCUT2D eigenvalue weighted by molar-refractivity contribution is 7.92. The molecule has 0 bridgehead atoms. The number of nitrogens with zero attached hydrogens (tertiary/aromatic N) is 2. The maximum Gasteiger partial charge on any atom is 0.321 e. The van der Waals surface area contributed by atoms with Crippen LogP contribution in [0.4, 0.5) is 22.0 Å². The Morgan fingerprint density at radius 2 is 1.84 bits per heavy atom. The van der Waals surface area contributed by atoms with E-state index in [1.54, 1.807) is 48.5 Å². The molecule has 1 fully saturated rings. The van der Waals surface area contributed by atoms with Crippen molar-refractivity contribution in [2.24, 2.45) is 0 Å². The second-order valence-corrected chi connectivity index (χ2v) is 11.0. The van der Waals surface area contributed by atoms with E-state index in [1.165, 1.54) is 17.2 Å². The number of β-amino-alcohol motifs (C(OH)–C–C–N with tert-alkyl or cyclic N) is 1. The van der Waals surface area contributed by atoms with Gasteiger partial charge in [0, 0.05) is 23.9 Å². The van der Waals surface area contributed by atoms with Gasteiger partial charge in [-0.3, -0.25) is 14.8 Å². The lowest BCUT2D eigenvalue weighted by atomic mass is 10.00. The van der Waals surface area contributed by atoms with Crippen LogP contribution in [0.1, 0.15) is 6.42 Å². The minimum atomic E-state index is -3.47. The SMILES string of the molecule is CS(=O)(=O)Nc1ccccc1-c1ccc(N2C[C@H](O)C[C@@H](NC(=O)Nc3ncc(Cl)cc3Cl)C2=O)cc1. The Morgan fingerprint density at radius 1 is 1.14 bits per heavy atom. The van der Waals surface area contributed by atoms with Crippen molar-refractivity contribution in [3.05, 3.63) is 70.8 Å². The lowest BCUT2D eigenvalue weighted by Crippen LogP contribution is -2.57. The molecule has 1 aromatic heterocycles. The number of benzene rings is 2. The van der Waals surface area contributed by atoms with Gasteiger partial charge >= 0.3 is 6.03 Å². The predicted octanol–water partition coefficient (Wildman–Crippen LogP) is 3.71. The highest BCUT2D eigenvalue weighted by atomic mass is 35.5. The number of urea groups is 1. The van der Waals surface area contributed by atoms with Gasteiger partial charge < -0.3 is 15.3 Å². The molecule has 37 heavy (non-hydrogen) atoms. The van der Waals surface area contributed by atoms with Gasteiger partial charge in [0.05, 0.1) is 34.6 Å². The minimum absolute atomic E-state index is 0.0349. The first kappa shape index (κ1) is 26.7. The summed E-state index contributed by atoms with van der Waals surface area (Å²) in [5.74, 6) is -0.326. The standard InChI is InChI=1S/C24H23Cl2N5O5S/c1-37(35,36)30-20-5-3-2-4-18(20)14-6-8-16(9-7-14)31-13-17(32)11-21(23(31)33)28-24(34)29-22-19(26)10-15(25)12-27-22/h2-10,12,17,21,30,32H,11,13H2,1H3,(H2,27,28,29,34)/t17-,21-/m1/s1. The van der Waals surface area contributed by atoms with Gasteiger partial charge in [-0.05, 0) is 29.8 Å². The molecule has 1 aliphatic rings. The van der Waals surface area contributed by atoms with E-state index in [1.807, 2.05) is 0 Å². The molecule has 4 N–H and O–H groups in total. The Bertz CT molecular complexity index is 1440. The third-order valence-corrected chi connectivity index (χ3v) is 6.61. The van der Waals surface area contributed by atoms with E-state index < -0.39 is 34.1 Å². The number of rotatable bonds is 6. The highest BCUT2D eigenvalue weighted by Crippen LogP contribution is 2.31. The molecule has 0 saturated carbocycles. The van der Waals surface area contributed by atoms with Crippen molar-refractivity contribution >= 4 is 62.4 Å². The van der Waals surface area contributed by atoms with Crippen molar-refractivity contribution in [2.45, 2.75) is 18.6 Å². The quantitative estimate of drug-likeness (QED) is 0.360. The number of aliphatic hydroxyl groups excluding tert-OH is 1. The summed E-state index contributed by atoms with van der Waals surface area (Å²) >= 11 is 11.8. The van der Waals surface area contributed by atoms with Crippen LogP contribution in [0.5, 0.6) is 0 Å². The average Bonchev–Trinajstić information content (AvgIpc) is 2.82. The number of halogens is 2. The molecule has 1 saturated heterocycles. The Morgan fingerprint density at radius 3 is 2.51 bits per heavy atom. The number of carbonyl (C=O) groups is 2. The fraction of sp³-hybridized carbons (Fsp3) is 0.208. The molecule has 2 atom stereocenters. The Balaban J connectivity index is 1.49. The Hall–Kier alpha value is -3.38. The topological polar surface area (TPSA) is 141 Å². The summed E-state index contributed by atoms with van der Waals surface area (Å²) < 4.78 is 25.9. The van der Waals surface area contributed by atoms with E-state index in [2.05, 4.69) is 20.3 Å². The molecule has 0 spiro atoms. The Kier molecular flexibility index (Phi) is 7.88. The van der Waals surface area contributed by atoms with Crippen LogP contribution >= 0.6 is 23.2 Å². The zero-order chi connectivity index (χ0) is 26.7. The van der Waals surface area contributed by atoms with Crippen LogP contribution in [0, 0.1) is 0 Å². The van der Waals surface area contributed by atoms with E-state index >= 15 is 0 Å². The van der Waals surface area contributed by atoms with Gasteiger partial charge in [0.15, 0.2) is 5.82 Å². The number of amides is 3. The van der Waals surface area contributed by atoms with Gasteiger partial charge in [-0.1, -0.05) is 53.5 Å². The summed E-state index contributed by atoms with van der Waals surface area (Å²) in [6.07, 6.45) is 1.55. The molecule has 194 valence electrons. The molecule has 0 aliphatic carbocycles. The number of carbonyl (C=O) groups excluding carboxylic acids is 2. The number of pyridine rings is 1. The van der Waals surface area contributed by atoms with Gasteiger partial charge in [0.25, 0.3) is 0 Å². The number of piperidine rings is 1. The molecular weight excluding hydrogens is 541 g/mol. The Labute approximate surface area is 223 Å². The first-order valence-electron chi connectivity index (χ1n) is 11.1. The van der Waals surface area contributed by atoms with Crippen molar-refractivity contribution < 1.29 is 23.1 Å². The molecule has 3 aromatic rings. The zero-order valence-corrected chi connectivity index (χ0v) is 21.8. The van der Waals surface area contributed by atoms with Crippen LogP contribution in [0.15, 0.2) is 60.8 Å². The summed E-state index contributed by atoms with van der Waals surface area (Å²) in [5, 5.41) is 15.9. The smallest absolute Gasteiger partial charge is 0.321 e. The molecular formula is C24H23Cl2N5O5S. The zero-order valence-electron chi connectivity index (χ0n) is 19.5. The van der Waals surface area contributed by atoms with Crippen molar-refractivity contribution in [3.63, 3.8) is 0 Å². The lowest BCUT2D eigenvalue weighted by molar-refractivity contribution is -0.123. The number of nitrogens with one attached hydrogen (secondary N) is 3. The van der Waals surface area contributed by atoms with Gasteiger partial charge in [0.2, 0.25) is 15.9 Å². The second-order valence-electron chi connectivity index (χ2n) is 8.44. The number of hydrogen-bond donors (Lipinski definition) is 4. The number of anilines is 3. The minimum Gasteiger partial charge on any atom is -0.391 e. The maximum atomic E-state index is 13.2. The fourth-order valence-electron chi connectivity index (χ4n) is 3.94.